The van der Waals surface area contributed by atoms with Crippen molar-refractivity contribution in [2.24, 2.45) is 0 Å². The molecule has 156 valence electrons. The molecule has 0 radical (unpaired) electrons. The number of aliphatic hydroxyl groups excluding tert-OH is 1. The molecule has 29 heavy (non-hydrogen) atoms. The Kier molecular flexibility index (Phi) is 8.52. The molecule has 0 spiro atoms. The maximum atomic E-state index is 10.4. The first-order valence-electron chi connectivity index (χ1n) is 9.92. The zero-order valence-electron chi connectivity index (χ0n) is 16.9. The standard InChI is InChI=1S/C23H30N2O4/c1-27-14-12-24(17-22(26)18-28-19-23-10-6-13-29-23)16-21-9-5-11-25(21)15-20-7-3-2-4-8-20/h2-11,13,22,26H,12,14-19H2,1H3/t22-/m1/s1. The molecule has 3 aromatic rings. The van der Waals surface area contributed by atoms with Crippen LogP contribution >= 0.6 is 0 Å². The second-order valence-electron chi connectivity index (χ2n) is 7.09. The number of aromatic nitrogens is 1. The van der Waals surface area contributed by atoms with E-state index in [-0.39, 0.29) is 6.61 Å². The van der Waals surface area contributed by atoms with Gasteiger partial charge >= 0.3 is 0 Å². The molecule has 0 aliphatic rings. The molecule has 0 unspecified atom stereocenters. The van der Waals surface area contributed by atoms with E-state index in [1.165, 1.54) is 11.3 Å². The minimum Gasteiger partial charge on any atom is -0.467 e. The smallest absolute Gasteiger partial charge is 0.129 e. The number of methoxy groups -OCH3 is 1. The Hall–Kier alpha value is -2.38. The summed E-state index contributed by atoms with van der Waals surface area (Å²) in [6.45, 7) is 4.05. The van der Waals surface area contributed by atoms with E-state index < -0.39 is 6.10 Å². The highest BCUT2D eigenvalue weighted by Gasteiger charge is 2.15. The molecule has 0 saturated heterocycles. The van der Waals surface area contributed by atoms with Crippen molar-refractivity contribution in [1.82, 2.24) is 9.47 Å². The average molecular weight is 399 g/mol. The summed E-state index contributed by atoms with van der Waals surface area (Å²) in [6.07, 6.45) is 3.13. The minimum absolute atomic E-state index is 0.259. The molecule has 3 rings (SSSR count). The fourth-order valence-electron chi connectivity index (χ4n) is 3.25. The van der Waals surface area contributed by atoms with Gasteiger partial charge in [0.2, 0.25) is 0 Å². The SMILES string of the molecule is COCCN(Cc1cccn1Cc1ccccc1)C[C@@H](O)COCc1ccco1. The Morgan fingerprint density at radius 2 is 1.97 bits per heavy atom. The lowest BCUT2D eigenvalue weighted by Gasteiger charge is -2.25. The number of aliphatic hydroxyl groups is 1. The van der Waals surface area contributed by atoms with Crippen LogP contribution in [0.4, 0.5) is 0 Å². The van der Waals surface area contributed by atoms with E-state index in [1.54, 1.807) is 13.4 Å². The molecule has 2 heterocycles. The molecule has 0 aliphatic heterocycles. The topological polar surface area (TPSA) is 60.0 Å². The van der Waals surface area contributed by atoms with Crippen LogP contribution in [0.5, 0.6) is 0 Å². The van der Waals surface area contributed by atoms with Crippen molar-refractivity contribution in [1.29, 1.82) is 0 Å². The number of nitrogens with zero attached hydrogens (tertiary/aromatic N) is 2. The summed E-state index contributed by atoms with van der Waals surface area (Å²) in [5.41, 5.74) is 2.47. The molecular formula is C23H30N2O4. The van der Waals surface area contributed by atoms with Gasteiger partial charge in [0.15, 0.2) is 0 Å². The summed E-state index contributed by atoms with van der Waals surface area (Å²) in [5, 5.41) is 10.4. The summed E-state index contributed by atoms with van der Waals surface area (Å²) in [5.74, 6) is 0.757. The molecular weight excluding hydrogens is 368 g/mol. The van der Waals surface area contributed by atoms with Crippen molar-refractivity contribution < 1.29 is 19.0 Å². The first-order valence-corrected chi connectivity index (χ1v) is 9.92. The van der Waals surface area contributed by atoms with Gasteiger partial charge in [-0.05, 0) is 29.8 Å². The number of benzene rings is 1. The van der Waals surface area contributed by atoms with Crippen LogP contribution in [-0.4, -0.2) is 54.1 Å². The molecule has 0 saturated carbocycles. The molecule has 1 aromatic carbocycles. The van der Waals surface area contributed by atoms with Gasteiger partial charge < -0.3 is 23.6 Å². The van der Waals surface area contributed by atoms with Crippen LogP contribution in [-0.2, 0) is 29.2 Å². The fourth-order valence-corrected chi connectivity index (χ4v) is 3.25. The van der Waals surface area contributed by atoms with Gasteiger partial charge in [-0.15, -0.1) is 0 Å². The van der Waals surface area contributed by atoms with Gasteiger partial charge in [-0.25, -0.2) is 0 Å². The van der Waals surface area contributed by atoms with Crippen molar-refractivity contribution in [2.75, 3.05) is 33.4 Å². The third kappa shape index (κ3) is 7.18. The quantitative estimate of drug-likeness (QED) is 0.479. The van der Waals surface area contributed by atoms with E-state index in [0.29, 0.717) is 19.8 Å². The summed E-state index contributed by atoms with van der Waals surface area (Å²) in [7, 11) is 1.69. The Bertz CT molecular complexity index is 801. The van der Waals surface area contributed by atoms with E-state index in [1.807, 2.05) is 18.2 Å². The molecule has 2 aromatic heterocycles. The molecule has 0 aliphatic carbocycles. The average Bonchev–Trinajstić information content (AvgIpc) is 3.39. The maximum absolute atomic E-state index is 10.4. The van der Waals surface area contributed by atoms with Gasteiger partial charge in [-0.3, -0.25) is 4.90 Å². The van der Waals surface area contributed by atoms with Gasteiger partial charge in [0.25, 0.3) is 0 Å². The minimum atomic E-state index is -0.584. The lowest BCUT2D eigenvalue weighted by molar-refractivity contribution is 0.000155. The molecule has 0 bridgehead atoms. The number of furan rings is 1. The Balaban J connectivity index is 1.53. The monoisotopic (exact) mass is 398 g/mol. The Labute approximate surface area is 172 Å². The van der Waals surface area contributed by atoms with E-state index >= 15 is 0 Å². The number of ether oxygens (including phenoxy) is 2. The molecule has 1 N–H and O–H groups in total. The Morgan fingerprint density at radius 1 is 1.10 bits per heavy atom. The third-order valence-electron chi connectivity index (χ3n) is 4.72. The van der Waals surface area contributed by atoms with E-state index in [9.17, 15) is 5.11 Å². The lowest BCUT2D eigenvalue weighted by Crippen LogP contribution is -2.37. The van der Waals surface area contributed by atoms with Crippen molar-refractivity contribution >= 4 is 0 Å². The van der Waals surface area contributed by atoms with E-state index in [0.717, 1.165) is 25.4 Å². The van der Waals surface area contributed by atoms with Crippen molar-refractivity contribution in [3.8, 4) is 0 Å². The van der Waals surface area contributed by atoms with Gasteiger partial charge in [0.1, 0.15) is 12.4 Å². The molecule has 0 fully saturated rings. The van der Waals surface area contributed by atoms with Gasteiger partial charge in [-0.2, -0.15) is 0 Å². The van der Waals surface area contributed by atoms with Crippen LogP contribution in [0, 0.1) is 0 Å². The second-order valence-corrected chi connectivity index (χ2v) is 7.09. The van der Waals surface area contributed by atoms with Crippen LogP contribution in [0.1, 0.15) is 17.0 Å². The van der Waals surface area contributed by atoms with Crippen LogP contribution in [0.15, 0.2) is 71.5 Å². The second kappa shape index (κ2) is 11.6. The summed E-state index contributed by atoms with van der Waals surface area (Å²) >= 11 is 0. The molecule has 6 nitrogen and oxygen atoms in total. The normalized spacial score (nSPS) is 12.5. The van der Waals surface area contributed by atoms with Crippen molar-refractivity contribution in [2.45, 2.75) is 25.8 Å². The number of hydrogen-bond donors (Lipinski definition) is 1. The molecule has 0 amide bonds. The lowest BCUT2D eigenvalue weighted by atomic mass is 10.2. The summed E-state index contributed by atoms with van der Waals surface area (Å²) < 4.78 is 18.3. The number of hydrogen-bond acceptors (Lipinski definition) is 5. The Morgan fingerprint density at radius 3 is 2.72 bits per heavy atom. The zero-order chi connectivity index (χ0) is 20.3. The van der Waals surface area contributed by atoms with Gasteiger partial charge in [0.05, 0.1) is 25.6 Å². The van der Waals surface area contributed by atoms with Gasteiger partial charge in [0, 0.05) is 45.2 Å². The van der Waals surface area contributed by atoms with Crippen LogP contribution in [0.2, 0.25) is 0 Å². The highest BCUT2D eigenvalue weighted by molar-refractivity contribution is 5.17. The summed E-state index contributed by atoms with van der Waals surface area (Å²) in [4.78, 5) is 2.20. The largest absolute Gasteiger partial charge is 0.467 e. The first-order chi connectivity index (χ1) is 14.2. The fraction of sp³-hybridized carbons (Fsp3) is 0.391. The molecule has 1 atom stereocenters. The molecule has 6 heteroatoms. The predicted octanol–water partition coefficient (Wildman–Crippen LogP) is 3.16. The van der Waals surface area contributed by atoms with Gasteiger partial charge in [-0.1, -0.05) is 30.3 Å². The van der Waals surface area contributed by atoms with E-state index in [2.05, 4.69) is 52.1 Å². The maximum Gasteiger partial charge on any atom is 0.129 e. The van der Waals surface area contributed by atoms with Crippen LogP contribution in [0.3, 0.4) is 0 Å². The highest BCUT2D eigenvalue weighted by atomic mass is 16.5. The van der Waals surface area contributed by atoms with Crippen LogP contribution in [0.25, 0.3) is 0 Å². The van der Waals surface area contributed by atoms with Crippen molar-refractivity contribution in [3.05, 3.63) is 84.1 Å². The highest BCUT2D eigenvalue weighted by Crippen LogP contribution is 2.11. The third-order valence-corrected chi connectivity index (χ3v) is 4.72. The number of rotatable bonds is 13. The van der Waals surface area contributed by atoms with Crippen molar-refractivity contribution in [3.63, 3.8) is 0 Å². The van der Waals surface area contributed by atoms with Crippen LogP contribution < -0.4 is 0 Å². The summed E-state index contributed by atoms with van der Waals surface area (Å²) in [6, 6.07) is 18.3. The first kappa shape index (κ1) is 21.3. The van der Waals surface area contributed by atoms with E-state index in [4.69, 9.17) is 13.9 Å². The zero-order valence-corrected chi connectivity index (χ0v) is 16.9. The predicted molar refractivity (Wildman–Crippen MR) is 111 cm³/mol.